The summed E-state index contributed by atoms with van der Waals surface area (Å²) >= 11 is 1.43. The molecule has 5 nitrogen and oxygen atoms in total. The van der Waals surface area contributed by atoms with Crippen LogP contribution in [0.25, 0.3) is 0 Å². The summed E-state index contributed by atoms with van der Waals surface area (Å²) in [5.74, 6) is -0.321. The molecule has 0 aliphatic heterocycles. The van der Waals surface area contributed by atoms with Crippen molar-refractivity contribution in [1.82, 2.24) is 4.31 Å². The topological polar surface area (TPSA) is 66.5 Å². The number of carbonyl (C=O) groups is 1. The standard InChI is InChI=1S/C17H18N2O3S2/c1-19(2)24(21,22)16-10-6-7-14(13-16)18-17(20)11-12-23-15-8-4-3-5-9-15/h3-13H,1-2H3,(H,18,20). The van der Waals surface area contributed by atoms with Gasteiger partial charge in [0.2, 0.25) is 15.9 Å². The number of nitrogens with zero attached hydrogens (tertiary/aromatic N) is 1. The molecule has 0 aliphatic rings. The average Bonchev–Trinajstić information content (AvgIpc) is 2.56. The van der Waals surface area contributed by atoms with Crippen LogP contribution in [0.2, 0.25) is 0 Å². The Bertz CT molecular complexity index is 832. The molecule has 126 valence electrons. The molecule has 0 atom stereocenters. The van der Waals surface area contributed by atoms with E-state index in [-0.39, 0.29) is 10.8 Å². The molecule has 0 radical (unpaired) electrons. The molecule has 2 aromatic rings. The largest absolute Gasteiger partial charge is 0.322 e. The Hall–Kier alpha value is -2.09. The van der Waals surface area contributed by atoms with Gasteiger partial charge in [0.05, 0.1) is 4.90 Å². The Morgan fingerprint density at radius 2 is 1.79 bits per heavy atom. The van der Waals surface area contributed by atoms with E-state index < -0.39 is 10.0 Å². The van der Waals surface area contributed by atoms with Crippen molar-refractivity contribution in [1.29, 1.82) is 0 Å². The van der Waals surface area contributed by atoms with Gasteiger partial charge in [-0.2, -0.15) is 0 Å². The summed E-state index contributed by atoms with van der Waals surface area (Å²) < 4.78 is 25.3. The zero-order valence-corrected chi connectivity index (χ0v) is 15.0. The van der Waals surface area contributed by atoms with E-state index in [2.05, 4.69) is 5.32 Å². The van der Waals surface area contributed by atoms with Crippen LogP contribution < -0.4 is 5.32 Å². The van der Waals surface area contributed by atoms with Crippen molar-refractivity contribution in [2.45, 2.75) is 9.79 Å². The van der Waals surface area contributed by atoms with Gasteiger partial charge in [-0.3, -0.25) is 4.79 Å². The number of benzene rings is 2. The van der Waals surface area contributed by atoms with E-state index in [1.807, 2.05) is 30.3 Å². The molecule has 0 aromatic heterocycles. The van der Waals surface area contributed by atoms with Crippen LogP contribution in [0.5, 0.6) is 0 Å². The van der Waals surface area contributed by atoms with Gasteiger partial charge >= 0.3 is 0 Å². The third-order valence-electron chi connectivity index (χ3n) is 3.05. The minimum absolute atomic E-state index is 0.132. The van der Waals surface area contributed by atoms with E-state index in [9.17, 15) is 13.2 Å². The molecule has 1 amide bonds. The zero-order chi connectivity index (χ0) is 17.6. The second-order valence-electron chi connectivity index (χ2n) is 5.04. The van der Waals surface area contributed by atoms with E-state index in [0.29, 0.717) is 5.69 Å². The molecule has 0 saturated carbocycles. The van der Waals surface area contributed by atoms with Gasteiger partial charge in [-0.05, 0) is 35.7 Å². The van der Waals surface area contributed by atoms with Crippen LogP contribution in [0.4, 0.5) is 5.69 Å². The van der Waals surface area contributed by atoms with Gasteiger partial charge in [0.15, 0.2) is 0 Å². The van der Waals surface area contributed by atoms with E-state index >= 15 is 0 Å². The Labute approximate surface area is 146 Å². The van der Waals surface area contributed by atoms with Crippen LogP contribution in [0.3, 0.4) is 0 Å². The molecule has 0 heterocycles. The summed E-state index contributed by atoms with van der Waals surface area (Å²) in [6.45, 7) is 0. The van der Waals surface area contributed by atoms with Gasteiger partial charge in [-0.25, -0.2) is 12.7 Å². The quantitative estimate of drug-likeness (QED) is 0.633. The second-order valence-corrected chi connectivity index (χ2v) is 8.17. The Morgan fingerprint density at radius 3 is 2.46 bits per heavy atom. The molecule has 7 heteroatoms. The van der Waals surface area contributed by atoms with E-state index in [0.717, 1.165) is 9.20 Å². The number of hydrogen-bond acceptors (Lipinski definition) is 4. The maximum atomic E-state index is 12.1. The van der Waals surface area contributed by atoms with E-state index in [1.165, 1.54) is 44.1 Å². The van der Waals surface area contributed by atoms with Crippen molar-refractivity contribution in [3.8, 4) is 0 Å². The number of rotatable bonds is 6. The van der Waals surface area contributed by atoms with Crippen molar-refractivity contribution < 1.29 is 13.2 Å². The number of amides is 1. The van der Waals surface area contributed by atoms with Crippen LogP contribution in [0, 0.1) is 0 Å². The summed E-state index contributed by atoms with van der Waals surface area (Å²) in [5.41, 5.74) is 0.428. The Balaban J connectivity index is 2.02. The highest BCUT2D eigenvalue weighted by Crippen LogP contribution is 2.19. The smallest absolute Gasteiger partial charge is 0.248 e. The monoisotopic (exact) mass is 362 g/mol. The van der Waals surface area contributed by atoms with Crippen molar-refractivity contribution >= 4 is 33.4 Å². The molecular weight excluding hydrogens is 344 g/mol. The van der Waals surface area contributed by atoms with Gasteiger partial charge in [0, 0.05) is 30.8 Å². The summed E-state index contributed by atoms with van der Waals surface area (Å²) in [7, 11) is -0.603. The second kappa shape index (κ2) is 8.14. The summed E-state index contributed by atoms with van der Waals surface area (Å²) in [5, 5.41) is 4.34. The number of anilines is 1. The third kappa shape index (κ3) is 4.95. The molecule has 0 spiro atoms. The lowest BCUT2D eigenvalue weighted by Gasteiger charge is -2.12. The molecule has 2 rings (SSSR count). The number of sulfonamides is 1. The van der Waals surface area contributed by atoms with Gasteiger partial charge in [0.25, 0.3) is 0 Å². The fourth-order valence-electron chi connectivity index (χ4n) is 1.80. The predicted octanol–water partition coefficient (Wildman–Crippen LogP) is 3.18. The lowest BCUT2D eigenvalue weighted by molar-refractivity contribution is -0.111. The third-order valence-corrected chi connectivity index (χ3v) is 5.67. The van der Waals surface area contributed by atoms with Gasteiger partial charge in [-0.15, -0.1) is 0 Å². The Morgan fingerprint density at radius 1 is 1.08 bits per heavy atom. The SMILES string of the molecule is CN(C)S(=O)(=O)c1cccc(NC(=O)C=CSc2ccccc2)c1. The molecule has 0 saturated heterocycles. The number of carbonyl (C=O) groups excluding carboxylic acids is 1. The van der Waals surface area contributed by atoms with Crippen molar-refractivity contribution in [3.05, 3.63) is 66.1 Å². The van der Waals surface area contributed by atoms with Crippen LogP contribution >= 0.6 is 11.8 Å². The molecule has 24 heavy (non-hydrogen) atoms. The molecule has 1 N–H and O–H groups in total. The van der Waals surface area contributed by atoms with E-state index in [4.69, 9.17) is 0 Å². The fourth-order valence-corrected chi connectivity index (χ4v) is 3.41. The number of hydrogen-bond donors (Lipinski definition) is 1. The molecule has 0 bridgehead atoms. The fraction of sp³-hybridized carbons (Fsp3) is 0.118. The summed E-state index contributed by atoms with van der Waals surface area (Å²) in [4.78, 5) is 13.1. The molecule has 0 fully saturated rings. The van der Waals surface area contributed by atoms with Gasteiger partial charge in [0.1, 0.15) is 0 Å². The average molecular weight is 362 g/mol. The first-order valence-corrected chi connectivity index (χ1v) is 9.43. The molecular formula is C17H18N2O3S2. The normalized spacial score (nSPS) is 11.8. The first-order chi connectivity index (χ1) is 11.4. The minimum atomic E-state index is -3.53. The number of nitrogens with one attached hydrogen (secondary N) is 1. The predicted molar refractivity (Wildman–Crippen MR) is 97.4 cm³/mol. The highest BCUT2D eigenvalue weighted by Gasteiger charge is 2.17. The Kier molecular flexibility index (Phi) is 6.19. The highest BCUT2D eigenvalue weighted by atomic mass is 32.2. The van der Waals surface area contributed by atoms with Crippen LogP contribution in [0.15, 0.2) is 75.9 Å². The maximum absolute atomic E-state index is 12.1. The lowest BCUT2D eigenvalue weighted by atomic mass is 10.3. The highest BCUT2D eigenvalue weighted by molar-refractivity contribution is 8.02. The maximum Gasteiger partial charge on any atom is 0.248 e. The molecule has 2 aromatic carbocycles. The van der Waals surface area contributed by atoms with Crippen LogP contribution in [0.1, 0.15) is 0 Å². The van der Waals surface area contributed by atoms with Crippen molar-refractivity contribution in [2.24, 2.45) is 0 Å². The van der Waals surface area contributed by atoms with Crippen molar-refractivity contribution in [3.63, 3.8) is 0 Å². The lowest BCUT2D eigenvalue weighted by Crippen LogP contribution is -2.22. The first-order valence-electron chi connectivity index (χ1n) is 7.11. The van der Waals surface area contributed by atoms with E-state index in [1.54, 1.807) is 17.5 Å². The molecule has 0 aliphatic carbocycles. The van der Waals surface area contributed by atoms with Gasteiger partial charge in [-0.1, -0.05) is 36.0 Å². The van der Waals surface area contributed by atoms with Crippen molar-refractivity contribution in [2.75, 3.05) is 19.4 Å². The minimum Gasteiger partial charge on any atom is -0.322 e. The first kappa shape index (κ1) is 18.3. The summed E-state index contributed by atoms with van der Waals surface area (Å²) in [6, 6.07) is 15.8. The van der Waals surface area contributed by atoms with Crippen LogP contribution in [-0.2, 0) is 14.8 Å². The van der Waals surface area contributed by atoms with Gasteiger partial charge < -0.3 is 5.32 Å². The summed E-state index contributed by atoms with van der Waals surface area (Å²) in [6.07, 6.45) is 1.41. The van der Waals surface area contributed by atoms with Crippen LogP contribution in [-0.4, -0.2) is 32.7 Å². The zero-order valence-electron chi connectivity index (χ0n) is 13.3. The number of thioether (sulfide) groups is 1. The molecule has 0 unspecified atom stereocenters.